The first kappa shape index (κ1) is 15.1. The second kappa shape index (κ2) is 6.59. The SMILES string of the molecule is O=C(CN1CCCCC1Cn1cncn1)NC(C1CC1)C1CC1. The number of nitrogens with one attached hydrogen (secondary N) is 1. The Labute approximate surface area is 137 Å². The number of hydrogen-bond donors (Lipinski definition) is 1. The maximum atomic E-state index is 12.5. The molecule has 0 radical (unpaired) electrons. The molecule has 23 heavy (non-hydrogen) atoms. The van der Waals surface area contributed by atoms with Crippen molar-refractivity contribution in [2.24, 2.45) is 11.8 Å². The molecule has 1 saturated heterocycles. The van der Waals surface area contributed by atoms with Crippen molar-refractivity contribution in [3.63, 3.8) is 0 Å². The lowest BCUT2D eigenvalue weighted by atomic mass is 10.0. The second-order valence-electron chi connectivity index (χ2n) is 7.51. The number of carbonyl (C=O) groups is 1. The van der Waals surface area contributed by atoms with E-state index in [1.807, 2.05) is 4.68 Å². The lowest BCUT2D eigenvalue weighted by Gasteiger charge is -2.35. The molecule has 126 valence electrons. The Kier molecular flexibility index (Phi) is 4.33. The summed E-state index contributed by atoms with van der Waals surface area (Å²) < 4.78 is 1.89. The molecule has 1 atom stereocenters. The average molecular weight is 317 g/mol. The first-order valence-corrected chi connectivity index (χ1v) is 9.15. The van der Waals surface area contributed by atoms with Crippen molar-refractivity contribution in [2.45, 2.75) is 63.6 Å². The van der Waals surface area contributed by atoms with Crippen LogP contribution in [0.2, 0.25) is 0 Å². The summed E-state index contributed by atoms with van der Waals surface area (Å²) in [6, 6.07) is 0.859. The summed E-state index contributed by atoms with van der Waals surface area (Å²) >= 11 is 0. The zero-order valence-electron chi connectivity index (χ0n) is 13.7. The highest BCUT2D eigenvalue weighted by Crippen LogP contribution is 2.44. The van der Waals surface area contributed by atoms with Crippen LogP contribution >= 0.6 is 0 Å². The summed E-state index contributed by atoms with van der Waals surface area (Å²) in [4.78, 5) is 18.9. The van der Waals surface area contributed by atoms with Crippen molar-refractivity contribution >= 4 is 5.91 Å². The van der Waals surface area contributed by atoms with E-state index in [1.54, 1.807) is 12.7 Å². The Morgan fingerprint density at radius 3 is 2.61 bits per heavy atom. The lowest BCUT2D eigenvalue weighted by Crippen LogP contribution is -2.49. The predicted molar refractivity (Wildman–Crippen MR) is 86.6 cm³/mol. The van der Waals surface area contributed by atoms with Gasteiger partial charge in [-0.25, -0.2) is 4.98 Å². The van der Waals surface area contributed by atoms with E-state index in [-0.39, 0.29) is 5.91 Å². The van der Waals surface area contributed by atoms with Gasteiger partial charge in [0.1, 0.15) is 12.7 Å². The van der Waals surface area contributed by atoms with Gasteiger partial charge in [0.15, 0.2) is 0 Å². The van der Waals surface area contributed by atoms with Crippen LogP contribution in [-0.4, -0.2) is 50.7 Å². The summed E-state index contributed by atoms with van der Waals surface area (Å²) in [6.07, 6.45) is 12.1. The zero-order valence-corrected chi connectivity index (χ0v) is 13.7. The molecule has 2 heterocycles. The van der Waals surface area contributed by atoms with Gasteiger partial charge >= 0.3 is 0 Å². The largest absolute Gasteiger partial charge is 0.352 e. The van der Waals surface area contributed by atoms with E-state index in [0.29, 0.717) is 18.6 Å². The topological polar surface area (TPSA) is 63.1 Å². The third kappa shape index (κ3) is 3.91. The number of nitrogens with zero attached hydrogens (tertiary/aromatic N) is 4. The average Bonchev–Trinajstić information content (AvgIpc) is 3.47. The van der Waals surface area contributed by atoms with Crippen LogP contribution in [0.25, 0.3) is 0 Å². The fourth-order valence-corrected chi connectivity index (χ4v) is 3.97. The van der Waals surface area contributed by atoms with Crippen LogP contribution in [0.3, 0.4) is 0 Å². The van der Waals surface area contributed by atoms with E-state index in [2.05, 4.69) is 20.3 Å². The number of likely N-dealkylation sites (tertiary alicyclic amines) is 1. The van der Waals surface area contributed by atoms with Gasteiger partial charge in [-0.1, -0.05) is 6.42 Å². The van der Waals surface area contributed by atoms with E-state index in [9.17, 15) is 4.79 Å². The van der Waals surface area contributed by atoms with Crippen molar-refractivity contribution in [1.82, 2.24) is 25.0 Å². The molecule has 0 aromatic carbocycles. The Morgan fingerprint density at radius 1 is 1.17 bits per heavy atom. The number of carbonyl (C=O) groups excluding carboxylic acids is 1. The quantitative estimate of drug-likeness (QED) is 0.826. The van der Waals surface area contributed by atoms with Crippen LogP contribution in [-0.2, 0) is 11.3 Å². The van der Waals surface area contributed by atoms with Crippen LogP contribution in [0.4, 0.5) is 0 Å². The minimum Gasteiger partial charge on any atom is -0.352 e. The number of hydrogen-bond acceptors (Lipinski definition) is 4. The van der Waals surface area contributed by atoms with Gasteiger partial charge in [-0.15, -0.1) is 0 Å². The van der Waals surface area contributed by atoms with Gasteiger partial charge in [-0.05, 0) is 56.9 Å². The molecule has 4 rings (SSSR count). The predicted octanol–water partition coefficient (Wildman–Crippen LogP) is 1.44. The fourth-order valence-electron chi connectivity index (χ4n) is 3.97. The minimum atomic E-state index is 0.222. The third-order valence-electron chi connectivity index (χ3n) is 5.55. The lowest BCUT2D eigenvalue weighted by molar-refractivity contribution is -0.124. The van der Waals surface area contributed by atoms with E-state index >= 15 is 0 Å². The number of piperidine rings is 1. The molecular weight excluding hydrogens is 290 g/mol. The monoisotopic (exact) mass is 317 g/mol. The minimum absolute atomic E-state index is 0.222. The number of amides is 1. The molecule has 6 heteroatoms. The maximum absolute atomic E-state index is 12.5. The fraction of sp³-hybridized carbons (Fsp3) is 0.824. The molecule has 1 unspecified atom stereocenters. The maximum Gasteiger partial charge on any atom is 0.234 e. The van der Waals surface area contributed by atoms with E-state index in [4.69, 9.17) is 0 Å². The van der Waals surface area contributed by atoms with Crippen molar-refractivity contribution < 1.29 is 4.79 Å². The van der Waals surface area contributed by atoms with Crippen LogP contribution < -0.4 is 5.32 Å². The molecule has 1 N–H and O–H groups in total. The van der Waals surface area contributed by atoms with E-state index in [0.717, 1.165) is 31.3 Å². The molecule has 1 aliphatic heterocycles. The molecule has 2 saturated carbocycles. The van der Waals surface area contributed by atoms with Crippen molar-refractivity contribution in [2.75, 3.05) is 13.1 Å². The Morgan fingerprint density at radius 2 is 1.96 bits per heavy atom. The Balaban J connectivity index is 1.32. The normalized spacial score (nSPS) is 25.7. The summed E-state index contributed by atoms with van der Waals surface area (Å²) in [7, 11) is 0. The van der Waals surface area contributed by atoms with Gasteiger partial charge in [0, 0.05) is 12.1 Å². The molecule has 1 aromatic rings. The van der Waals surface area contributed by atoms with E-state index < -0.39 is 0 Å². The van der Waals surface area contributed by atoms with Gasteiger partial charge < -0.3 is 5.32 Å². The van der Waals surface area contributed by atoms with Crippen LogP contribution in [0, 0.1) is 11.8 Å². The summed E-state index contributed by atoms with van der Waals surface area (Å²) in [6.45, 7) is 2.39. The Bertz CT molecular complexity index is 511. The highest BCUT2D eigenvalue weighted by molar-refractivity contribution is 5.78. The van der Waals surface area contributed by atoms with Gasteiger partial charge in [0.25, 0.3) is 0 Å². The molecule has 0 spiro atoms. The number of rotatable bonds is 7. The van der Waals surface area contributed by atoms with Crippen LogP contribution in [0.15, 0.2) is 12.7 Å². The zero-order chi connectivity index (χ0) is 15.6. The van der Waals surface area contributed by atoms with Crippen LogP contribution in [0.5, 0.6) is 0 Å². The highest BCUT2D eigenvalue weighted by atomic mass is 16.2. The first-order valence-electron chi connectivity index (χ1n) is 9.15. The molecule has 3 aliphatic rings. The number of aromatic nitrogens is 3. The molecule has 1 amide bonds. The molecular formula is C17H27N5O. The van der Waals surface area contributed by atoms with Crippen LogP contribution in [0.1, 0.15) is 44.9 Å². The second-order valence-corrected chi connectivity index (χ2v) is 7.51. The van der Waals surface area contributed by atoms with Gasteiger partial charge in [0.05, 0.1) is 13.1 Å². The third-order valence-corrected chi connectivity index (χ3v) is 5.55. The standard InChI is InChI=1S/C17H27N5O/c23-16(20-17(13-4-5-13)14-6-7-14)10-21-8-2-1-3-15(21)9-22-12-18-11-19-22/h11-15,17H,1-10H2,(H,20,23). The van der Waals surface area contributed by atoms with Crippen molar-refractivity contribution in [3.8, 4) is 0 Å². The first-order chi connectivity index (χ1) is 11.3. The summed E-state index contributed by atoms with van der Waals surface area (Å²) in [5.74, 6) is 1.75. The molecule has 6 nitrogen and oxygen atoms in total. The van der Waals surface area contributed by atoms with Gasteiger partial charge in [0.2, 0.25) is 5.91 Å². The molecule has 0 bridgehead atoms. The molecule has 1 aromatic heterocycles. The Hall–Kier alpha value is -1.43. The molecule has 3 fully saturated rings. The summed E-state index contributed by atoms with van der Waals surface area (Å²) in [5.41, 5.74) is 0. The molecule has 2 aliphatic carbocycles. The van der Waals surface area contributed by atoms with E-state index in [1.165, 1.54) is 38.5 Å². The summed E-state index contributed by atoms with van der Waals surface area (Å²) in [5, 5.41) is 7.57. The highest BCUT2D eigenvalue weighted by Gasteiger charge is 2.42. The van der Waals surface area contributed by atoms with Gasteiger partial charge in [-0.3, -0.25) is 14.4 Å². The smallest absolute Gasteiger partial charge is 0.234 e. The van der Waals surface area contributed by atoms with Crippen molar-refractivity contribution in [3.05, 3.63) is 12.7 Å². The van der Waals surface area contributed by atoms with Gasteiger partial charge in [-0.2, -0.15) is 5.10 Å². The van der Waals surface area contributed by atoms with Crippen molar-refractivity contribution in [1.29, 1.82) is 0 Å².